The Kier molecular flexibility index (Phi) is 25.7. The molecular weight excluding hydrogens is 1200 g/mol. The minimum absolute atomic E-state index is 0.0161. The van der Waals surface area contributed by atoms with E-state index < -0.39 is 81.9 Å². The highest BCUT2D eigenvalue weighted by molar-refractivity contribution is 6.74. The first-order valence-corrected chi connectivity index (χ1v) is 35.4. The van der Waals surface area contributed by atoms with Crippen LogP contribution in [0.1, 0.15) is 65.3 Å². The summed E-state index contributed by atoms with van der Waals surface area (Å²) in [5, 5.41) is -0.153. The van der Waals surface area contributed by atoms with Gasteiger partial charge in [0.2, 0.25) is 0 Å². The Morgan fingerprint density at radius 1 is 0.436 bits per heavy atom. The van der Waals surface area contributed by atoms with Crippen LogP contribution in [0.4, 0.5) is 4.79 Å². The molecule has 0 aromatic heterocycles. The molecule has 15 nitrogen and oxygen atoms in total. The maximum atomic E-state index is 14.8. The van der Waals surface area contributed by atoms with E-state index >= 15 is 0 Å². The SMILES string of the molecule is COc1ccc(CO[C@@H]2[C@@H](O[C@H]3[C@@H](OCc4ccccc4)O[C@H]([C@H](COCc4ccccc4)N(C)C(=O)OCc4ccccc4)[C@@H](OCc4ccccc4)[C@@H]3OCc3ccccc3)O[C@H](CO[Si](C)(C)C(C)(C)C)[C@@H](OCc3ccccc3)[C@@H]2OCc2ccccc2)cc1. The van der Waals surface area contributed by atoms with Gasteiger partial charge in [-0.2, -0.15) is 0 Å². The van der Waals surface area contributed by atoms with Gasteiger partial charge in [-0.3, -0.25) is 0 Å². The smallest absolute Gasteiger partial charge is 0.410 e. The number of carbonyl (C=O) groups excluding carboxylic acids is 1. The molecule has 2 heterocycles. The molecule has 10 rings (SSSR count). The normalized spacial score (nSPS) is 21.9. The second-order valence-electron chi connectivity index (χ2n) is 25.4. The minimum atomic E-state index is -2.47. The number of carbonyl (C=O) groups is 1. The quantitative estimate of drug-likeness (QED) is 0.0369. The van der Waals surface area contributed by atoms with Crippen molar-refractivity contribution < 1.29 is 66.1 Å². The third-order valence-electron chi connectivity index (χ3n) is 17.6. The second kappa shape index (κ2) is 34.8. The van der Waals surface area contributed by atoms with Crippen LogP contribution < -0.4 is 4.74 Å². The van der Waals surface area contributed by atoms with E-state index in [1.807, 2.05) is 237 Å². The second-order valence-corrected chi connectivity index (χ2v) is 30.2. The molecule has 1 amide bonds. The molecule has 0 saturated carbocycles. The molecule has 0 unspecified atom stereocenters. The molecule has 2 aliphatic heterocycles. The molecule has 11 atom stereocenters. The summed E-state index contributed by atoms with van der Waals surface area (Å²) in [6.07, 6.45) is -10.8. The Bertz CT molecular complexity index is 3430. The van der Waals surface area contributed by atoms with Gasteiger partial charge in [0.05, 0.1) is 72.6 Å². The van der Waals surface area contributed by atoms with Crippen molar-refractivity contribution in [3.8, 4) is 5.75 Å². The van der Waals surface area contributed by atoms with Crippen LogP contribution in [0.15, 0.2) is 237 Å². The van der Waals surface area contributed by atoms with E-state index in [4.69, 9.17) is 61.3 Å². The lowest BCUT2D eigenvalue weighted by atomic mass is 9.92. The van der Waals surface area contributed by atoms with Gasteiger partial charge in [0, 0.05) is 7.05 Å². The summed E-state index contributed by atoms with van der Waals surface area (Å²) >= 11 is 0. The number of amides is 1. The third-order valence-corrected chi connectivity index (χ3v) is 22.1. The molecular formula is C78H91NO14Si. The molecule has 94 heavy (non-hydrogen) atoms. The fourth-order valence-corrected chi connectivity index (χ4v) is 12.2. The number of methoxy groups -OCH3 is 1. The highest BCUT2D eigenvalue weighted by atomic mass is 28.4. The summed E-state index contributed by atoms with van der Waals surface area (Å²) in [5.74, 6) is 0.706. The van der Waals surface area contributed by atoms with E-state index in [1.165, 1.54) is 4.90 Å². The van der Waals surface area contributed by atoms with Crippen molar-refractivity contribution in [1.82, 2.24) is 4.90 Å². The first-order chi connectivity index (χ1) is 45.8. The Morgan fingerprint density at radius 2 is 0.809 bits per heavy atom. The van der Waals surface area contributed by atoms with Gasteiger partial charge in [-0.1, -0.05) is 245 Å². The average Bonchev–Trinajstić information content (AvgIpc) is 0.768. The summed E-state index contributed by atoms with van der Waals surface area (Å²) < 4.78 is 92.1. The van der Waals surface area contributed by atoms with Crippen LogP contribution in [-0.2, 0) is 109 Å². The first kappa shape index (κ1) is 69.4. The van der Waals surface area contributed by atoms with Crippen LogP contribution in [0.2, 0.25) is 18.1 Å². The molecule has 0 bridgehead atoms. The highest BCUT2D eigenvalue weighted by Crippen LogP contribution is 2.41. The van der Waals surface area contributed by atoms with E-state index in [-0.39, 0.29) is 71.1 Å². The van der Waals surface area contributed by atoms with E-state index in [2.05, 4.69) is 33.9 Å². The minimum Gasteiger partial charge on any atom is -0.497 e. The van der Waals surface area contributed by atoms with Crippen LogP contribution in [0, 0.1) is 0 Å². The predicted octanol–water partition coefficient (Wildman–Crippen LogP) is 14.8. The van der Waals surface area contributed by atoms with Gasteiger partial charge >= 0.3 is 6.09 Å². The number of likely N-dealkylation sites (N-methyl/N-ethyl adjacent to an activating group) is 1. The molecule has 2 fully saturated rings. The first-order valence-electron chi connectivity index (χ1n) is 32.5. The molecule has 2 aliphatic rings. The molecule has 0 spiro atoms. The summed E-state index contributed by atoms with van der Waals surface area (Å²) in [7, 11) is 0.868. The van der Waals surface area contributed by atoms with Crippen molar-refractivity contribution in [3.63, 3.8) is 0 Å². The molecule has 0 N–H and O–H groups in total. The standard InChI is InChI=1S/C78H91NO14Si/c1-78(2,3)94(6,7)90-56-67-69(83-48-58-31-17-9-18-32-58)71(85-50-60-35-21-11-22-36-60)73(87-52-64-43-45-65(81-5)46-44-64)76(91-67)93-74-72(86-51-61-37-23-12-24-38-61)70(84-49-59-33-19-10-20-34-59)68(92-75(74)88-53-62-39-25-13-26-40-62)66(55-82-47-57-29-15-8-16-30-57)79(4)77(80)89-54-63-41-27-14-28-42-63/h8-46,66-76H,47-56H2,1-7H3/t66-,67+,68+,69+,70+,71-,72-,73-,74+,75-,76+/m0/s1. The monoisotopic (exact) mass is 1290 g/mol. The van der Waals surface area contributed by atoms with E-state index in [0.717, 1.165) is 44.5 Å². The van der Waals surface area contributed by atoms with Crippen LogP contribution in [0.3, 0.4) is 0 Å². The zero-order chi connectivity index (χ0) is 65.5. The zero-order valence-corrected chi connectivity index (χ0v) is 56.1. The van der Waals surface area contributed by atoms with Crippen molar-refractivity contribution in [2.75, 3.05) is 27.4 Å². The molecule has 16 heteroatoms. The molecule has 2 saturated heterocycles. The van der Waals surface area contributed by atoms with Crippen molar-refractivity contribution in [1.29, 1.82) is 0 Å². The van der Waals surface area contributed by atoms with E-state index in [9.17, 15) is 4.79 Å². The van der Waals surface area contributed by atoms with Crippen molar-refractivity contribution in [2.24, 2.45) is 0 Å². The Hall–Kier alpha value is -7.39. The van der Waals surface area contributed by atoms with Gasteiger partial charge in [0.15, 0.2) is 20.9 Å². The maximum absolute atomic E-state index is 14.8. The lowest BCUT2D eigenvalue weighted by molar-refractivity contribution is -0.385. The number of benzene rings is 8. The third kappa shape index (κ3) is 19.9. The number of hydrogen-bond donors (Lipinski definition) is 0. The highest BCUT2D eigenvalue weighted by Gasteiger charge is 2.57. The van der Waals surface area contributed by atoms with Gasteiger partial charge in [0.1, 0.15) is 61.2 Å². The van der Waals surface area contributed by atoms with Crippen LogP contribution in [-0.4, -0.2) is 114 Å². The Morgan fingerprint density at radius 3 is 1.24 bits per heavy atom. The van der Waals surface area contributed by atoms with Gasteiger partial charge in [-0.05, 0) is 74.8 Å². The largest absolute Gasteiger partial charge is 0.497 e. The van der Waals surface area contributed by atoms with Crippen LogP contribution >= 0.6 is 0 Å². The van der Waals surface area contributed by atoms with Gasteiger partial charge in [-0.25, -0.2) is 4.79 Å². The topological polar surface area (TPSA) is 140 Å². The lowest BCUT2D eigenvalue weighted by Gasteiger charge is -2.52. The van der Waals surface area contributed by atoms with Crippen LogP contribution in [0.5, 0.6) is 5.75 Å². The lowest BCUT2D eigenvalue weighted by Crippen LogP contribution is -2.68. The summed E-state index contributed by atoms with van der Waals surface area (Å²) in [6, 6.07) is 76.2. The number of rotatable bonds is 32. The van der Waals surface area contributed by atoms with E-state index in [0.29, 0.717) is 5.75 Å². The number of ether oxygens (including phenoxy) is 12. The fourth-order valence-electron chi connectivity index (χ4n) is 11.1. The van der Waals surface area contributed by atoms with Gasteiger partial charge < -0.3 is 66.2 Å². The van der Waals surface area contributed by atoms with E-state index in [1.54, 1.807) is 14.2 Å². The summed E-state index contributed by atoms with van der Waals surface area (Å²) in [5.41, 5.74) is 7.21. The Labute approximate surface area is 556 Å². The number of hydrogen-bond acceptors (Lipinski definition) is 14. The summed E-state index contributed by atoms with van der Waals surface area (Å²) in [4.78, 5) is 16.3. The fraction of sp³-hybridized carbons (Fsp3) is 0.372. The number of nitrogens with zero attached hydrogens (tertiary/aromatic N) is 1. The average molecular weight is 1290 g/mol. The predicted molar refractivity (Wildman–Crippen MR) is 362 cm³/mol. The molecule has 8 aromatic rings. The molecule has 0 aliphatic carbocycles. The van der Waals surface area contributed by atoms with Crippen LogP contribution in [0.25, 0.3) is 0 Å². The molecule has 0 radical (unpaired) electrons. The van der Waals surface area contributed by atoms with Gasteiger partial charge in [-0.15, -0.1) is 0 Å². The maximum Gasteiger partial charge on any atom is 0.410 e. The summed E-state index contributed by atoms with van der Waals surface area (Å²) in [6.45, 7) is 12.4. The van der Waals surface area contributed by atoms with Crippen molar-refractivity contribution >= 4 is 14.4 Å². The van der Waals surface area contributed by atoms with Crippen molar-refractivity contribution in [3.05, 3.63) is 281 Å². The molecule has 496 valence electrons. The zero-order valence-electron chi connectivity index (χ0n) is 55.1. The van der Waals surface area contributed by atoms with Crippen molar-refractivity contribution in [2.45, 2.75) is 159 Å². The van der Waals surface area contributed by atoms with Gasteiger partial charge in [0.25, 0.3) is 0 Å². The molecule has 8 aromatic carbocycles. The Balaban J connectivity index is 1.12.